The highest BCUT2D eigenvalue weighted by Gasteiger charge is 2.32. The molecule has 3 aromatic rings. The minimum absolute atomic E-state index is 0.0599. The van der Waals surface area contributed by atoms with Crippen molar-refractivity contribution in [1.82, 2.24) is 10.2 Å². The van der Waals surface area contributed by atoms with Crippen molar-refractivity contribution < 1.29 is 22.7 Å². The number of carbonyl (C=O) groups excluding carboxylic acids is 2. The predicted octanol–water partition coefficient (Wildman–Crippen LogP) is 4.78. The molecule has 0 heterocycles. The number of aryl methyl sites for hydroxylation is 1. The molecule has 8 nitrogen and oxygen atoms in total. The van der Waals surface area contributed by atoms with Gasteiger partial charge in [0, 0.05) is 13.1 Å². The second-order valence-electron chi connectivity index (χ2n) is 10.1. The Morgan fingerprint density at radius 1 is 0.925 bits per heavy atom. The van der Waals surface area contributed by atoms with Crippen LogP contribution in [0.15, 0.2) is 83.8 Å². The van der Waals surface area contributed by atoms with Crippen molar-refractivity contribution in [2.24, 2.45) is 5.92 Å². The summed E-state index contributed by atoms with van der Waals surface area (Å²) in [5, 5.41) is 2.90. The molecule has 0 aliphatic heterocycles. The zero-order valence-electron chi connectivity index (χ0n) is 23.8. The third kappa shape index (κ3) is 8.08. The van der Waals surface area contributed by atoms with Crippen molar-refractivity contribution >= 4 is 27.5 Å². The molecular formula is C31H39N3O5S. The van der Waals surface area contributed by atoms with Gasteiger partial charge >= 0.3 is 0 Å². The molecule has 0 spiro atoms. The number of nitrogens with one attached hydrogen (secondary N) is 1. The summed E-state index contributed by atoms with van der Waals surface area (Å²) in [6.07, 6.45) is 0. The fourth-order valence-electron chi connectivity index (χ4n) is 4.17. The Bertz CT molecular complexity index is 1380. The van der Waals surface area contributed by atoms with Gasteiger partial charge in [-0.25, -0.2) is 8.42 Å². The number of hydrogen-bond donors (Lipinski definition) is 1. The highest BCUT2D eigenvalue weighted by molar-refractivity contribution is 7.92. The van der Waals surface area contributed by atoms with Crippen molar-refractivity contribution in [1.29, 1.82) is 0 Å². The summed E-state index contributed by atoms with van der Waals surface area (Å²) >= 11 is 0. The molecule has 0 bridgehead atoms. The maximum Gasteiger partial charge on any atom is 0.264 e. The molecule has 0 saturated heterocycles. The fraction of sp³-hybridized carbons (Fsp3) is 0.355. The lowest BCUT2D eigenvalue weighted by molar-refractivity contribution is -0.139. The maximum atomic E-state index is 14.0. The average molecular weight is 566 g/mol. The zero-order chi connectivity index (χ0) is 29.3. The van der Waals surface area contributed by atoms with Gasteiger partial charge in [0.1, 0.15) is 18.3 Å². The number of amides is 2. The monoisotopic (exact) mass is 565 g/mol. The van der Waals surface area contributed by atoms with Gasteiger partial charge in [0.25, 0.3) is 10.0 Å². The second-order valence-corrected chi connectivity index (χ2v) is 11.9. The first kappa shape index (κ1) is 30.7. The van der Waals surface area contributed by atoms with E-state index in [0.29, 0.717) is 24.6 Å². The van der Waals surface area contributed by atoms with Gasteiger partial charge in [-0.3, -0.25) is 13.9 Å². The van der Waals surface area contributed by atoms with Crippen molar-refractivity contribution in [3.8, 4) is 5.75 Å². The van der Waals surface area contributed by atoms with Gasteiger partial charge < -0.3 is 15.0 Å². The number of sulfonamides is 1. The SMILES string of the molecule is CCOc1ccc(N(CC(=O)N(Cc2cccc(C)c2)[C@@H](C)C(=O)NCC(C)C)S(=O)(=O)c2ccccc2)cc1. The highest BCUT2D eigenvalue weighted by atomic mass is 32.2. The molecule has 214 valence electrons. The number of nitrogens with zero attached hydrogens (tertiary/aromatic N) is 2. The topological polar surface area (TPSA) is 96.0 Å². The van der Waals surface area contributed by atoms with Crippen molar-refractivity contribution in [3.05, 3.63) is 90.0 Å². The van der Waals surface area contributed by atoms with Crippen molar-refractivity contribution in [2.45, 2.75) is 52.1 Å². The first-order valence-electron chi connectivity index (χ1n) is 13.5. The van der Waals surface area contributed by atoms with E-state index in [-0.39, 0.29) is 23.3 Å². The Hall–Kier alpha value is -3.85. The van der Waals surface area contributed by atoms with Gasteiger partial charge in [0.2, 0.25) is 11.8 Å². The van der Waals surface area contributed by atoms with Crippen molar-refractivity contribution in [2.75, 3.05) is 24.0 Å². The first-order valence-corrected chi connectivity index (χ1v) is 14.9. The molecule has 0 aliphatic rings. The van der Waals surface area contributed by atoms with E-state index >= 15 is 0 Å². The lowest BCUT2D eigenvalue weighted by Gasteiger charge is -2.32. The van der Waals surface area contributed by atoms with Crippen LogP contribution in [0.3, 0.4) is 0 Å². The van der Waals surface area contributed by atoms with Crippen LogP contribution in [0.25, 0.3) is 0 Å². The Kier molecular flexibility index (Phi) is 10.7. The largest absolute Gasteiger partial charge is 0.494 e. The second kappa shape index (κ2) is 14.0. The number of benzene rings is 3. The van der Waals surface area contributed by atoms with Crippen LogP contribution < -0.4 is 14.4 Å². The van der Waals surface area contributed by atoms with Crippen LogP contribution in [0.2, 0.25) is 0 Å². The molecule has 2 amide bonds. The Morgan fingerprint density at radius 3 is 2.20 bits per heavy atom. The highest BCUT2D eigenvalue weighted by Crippen LogP contribution is 2.26. The summed E-state index contributed by atoms with van der Waals surface area (Å²) in [5.74, 6) is 0.0322. The minimum Gasteiger partial charge on any atom is -0.494 e. The summed E-state index contributed by atoms with van der Waals surface area (Å²) < 4.78 is 34.3. The number of hydrogen-bond acceptors (Lipinski definition) is 5. The van der Waals surface area contributed by atoms with Gasteiger partial charge in [0.15, 0.2) is 0 Å². The summed E-state index contributed by atoms with van der Waals surface area (Å²) in [4.78, 5) is 28.5. The molecule has 0 radical (unpaired) electrons. The maximum absolute atomic E-state index is 14.0. The molecule has 0 saturated carbocycles. The summed E-state index contributed by atoms with van der Waals surface area (Å²) in [5.41, 5.74) is 2.17. The Balaban J connectivity index is 2.00. The van der Waals surface area contributed by atoms with Crippen LogP contribution in [0, 0.1) is 12.8 Å². The van der Waals surface area contributed by atoms with E-state index in [1.165, 1.54) is 17.0 Å². The van der Waals surface area contributed by atoms with E-state index in [1.54, 1.807) is 49.4 Å². The molecule has 0 fully saturated rings. The average Bonchev–Trinajstić information content (AvgIpc) is 2.94. The summed E-state index contributed by atoms with van der Waals surface area (Å²) in [7, 11) is -4.11. The molecule has 3 aromatic carbocycles. The molecule has 40 heavy (non-hydrogen) atoms. The zero-order valence-corrected chi connectivity index (χ0v) is 24.6. The number of carbonyl (C=O) groups is 2. The molecule has 0 aliphatic carbocycles. The predicted molar refractivity (Wildman–Crippen MR) is 158 cm³/mol. The quantitative estimate of drug-likeness (QED) is 0.322. The van der Waals surface area contributed by atoms with Crippen LogP contribution in [-0.4, -0.2) is 50.9 Å². The molecular weight excluding hydrogens is 526 g/mol. The van der Waals surface area contributed by atoms with Crippen LogP contribution in [0.5, 0.6) is 5.75 Å². The standard InChI is InChI=1S/C31H39N3O5S/c1-6-39-28-17-15-27(16-18-28)34(40(37,38)29-13-8-7-9-14-29)22-30(35)33(21-26-12-10-11-24(4)19-26)25(5)31(36)32-20-23(2)3/h7-19,23,25H,6,20-22H2,1-5H3,(H,32,36)/t25-/m0/s1. The van der Waals surface area contributed by atoms with E-state index in [0.717, 1.165) is 15.4 Å². The third-order valence-corrected chi connectivity index (χ3v) is 8.12. The van der Waals surface area contributed by atoms with Crippen LogP contribution in [-0.2, 0) is 26.2 Å². The van der Waals surface area contributed by atoms with Crippen molar-refractivity contribution in [3.63, 3.8) is 0 Å². The van der Waals surface area contributed by atoms with Gasteiger partial charge in [-0.1, -0.05) is 61.9 Å². The van der Waals surface area contributed by atoms with Gasteiger partial charge in [-0.15, -0.1) is 0 Å². The molecule has 0 unspecified atom stereocenters. The molecule has 3 rings (SSSR count). The number of rotatable bonds is 13. The molecule has 1 N–H and O–H groups in total. The first-order chi connectivity index (χ1) is 19.0. The number of ether oxygens (including phenoxy) is 1. The molecule has 1 atom stereocenters. The summed E-state index contributed by atoms with van der Waals surface area (Å²) in [6, 6.07) is 21.4. The fourth-order valence-corrected chi connectivity index (χ4v) is 5.60. The van der Waals surface area contributed by atoms with Crippen LogP contribution in [0.1, 0.15) is 38.8 Å². The van der Waals surface area contributed by atoms with Gasteiger partial charge in [0.05, 0.1) is 17.2 Å². The van der Waals surface area contributed by atoms with Gasteiger partial charge in [-0.2, -0.15) is 0 Å². The van der Waals surface area contributed by atoms with Crippen LogP contribution >= 0.6 is 0 Å². The smallest absolute Gasteiger partial charge is 0.264 e. The summed E-state index contributed by atoms with van der Waals surface area (Å²) in [6.45, 7) is 10.1. The number of anilines is 1. The lowest BCUT2D eigenvalue weighted by Crippen LogP contribution is -2.51. The van der Waals surface area contributed by atoms with E-state index in [9.17, 15) is 18.0 Å². The van der Waals surface area contributed by atoms with E-state index in [1.807, 2.05) is 52.0 Å². The third-order valence-electron chi connectivity index (χ3n) is 6.33. The van der Waals surface area contributed by atoms with E-state index in [2.05, 4.69) is 5.32 Å². The van der Waals surface area contributed by atoms with E-state index < -0.39 is 28.5 Å². The van der Waals surface area contributed by atoms with Crippen LogP contribution in [0.4, 0.5) is 5.69 Å². The normalized spacial score (nSPS) is 12.1. The minimum atomic E-state index is -4.11. The molecule has 0 aromatic heterocycles. The molecule has 9 heteroatoms. The Morgan fingerprint density at radius 2 is 1.60 bits per heavy atom. The Labute approximate surface area is 238 Å². The van der Waals surface area contributed by atoms with E-state index in [4.69, 9.17) is 4.74 Å². The van der Waals surface area contributed by atoms with Gasteiger partial charge in [-0.05, 0) is 68.7 Å². The lowest BCUT2D eigenvalue weighted by atomic mass is 10.1.